The zero-order chi connectivity index (χ0) is 18.3. The third-order valence-electron chi connectivity index (χ3n) is 3.58. The van der Waals surface area contributed by atoms with Crippen molar-refractivity contribution in [3.05, 3.63) is 35.6 Å². The standard InChI is InChI=1S/C19H30FN3O2/c1-3-21-19(23-15-16-10-12-17(20)13-11-16)22-14-8-6-5-7-9-18(24)25-4-2/h10-13H,3-9,14-15H2,1-2H3,(H2,21,22,23). The molecule has 140 valence electrons. The third-order valence-corrected chi connectivity index (χ3v) is 3.58. The number of nitrogens with one attached hydrogen (secondary N) is 2. The van der Waals surface area contributed by atoms with E-state index in [4.69, 9.17) is 4.74 Å². The molecule has 1 aromatic carbocycles. The van der Waals surface area contributed by atoms with E-state index in [1.165, 1.54) is 12.1 Å². The summed E-state index contributed by atoms with van der Waals surface area (Å²) in [4.78, 5) is 15.7. The molecule has 0 aliphatic heterocycles. The molecule has 0 fully saturated rings. The molecule has 2 N–H and O–H groups in total. The maximum absolute atomic E-state index is 12.9. The van der Waals surface area contributed by atoms with Crippen molar-refractivity contribution in [1.29, 1.82) is 0 Å². The molecule has 5 nitrogen and oxygen atoms in total. The van der Waals surface area contributed by atoms with Gasteiger partial charge in [0.05, 0.1) is 13.2 Å². The molecule has 0 bridgehead atoms. The van der Waals surface area contributed by atoms with E-state index in [0.29, 0.717) is 19.6 Å². The number of esters is 1. The van der Waals surface area contributed by atoms with Crippen molar-refractivity contribution in [1.82, 2.24) is 10.6 Å². The van der Waals surface area contributed by atoms with E-state index in [9.17, 15) is 9.18 Å². The van der Waals surface area contributed by atoms with Gasteiger partial charge in [-0.15, -0.1) is 0 Å². The Bertz CT molecular complexity index is 518. The number of carbonyl (C=O) groups is 1. The number of aliphatic imine (C=N–C) groups is 1. The monoisotopic (exact) mass is 351 g/mol. The van der Waals surface area contributed by atoms with Crippen LogP contribution in [0.1, 0.15) is 51.5 Å². The first kappa shape index (κ1) is 20.9. The van der Waals surface area contributed by atoms with Gasteiger partial charge >= 0.3 is 5.97 Å². The fraction of sp³-hybridized carbons (Fsp3) is 0.579. The van der Waals surface area contributed by atoms with E-state index in [2.05, 4.69) is 15.6 Å². The Hall–Kier alpha value is -2.11. The summed E-state index contributed by atoms with van der Waals surface area (Å²) in [5.74, 6) is 0.419. The fourth-order valence-corrected chi connectivity index (χ4v) is 2.29. The molecule has 1 rings (SSSR count). The Morgan fingerprint density at radius 3 is 2.48 bits per heavy atom. The van der Waals surface area contributed by atoms with Crippen molar-refractivity contribution in [2.24, 2.45) is 4.99 Å². The second-order valence-electron chi connectivity index (χ2n) is 5.72. The summed E-state index contributed by atoms with van der Waals surface area (Å²) in [5.41, 5.74) is 0.970. The van der Waals surface area contributed by atoms with Crippen molar-refractivity contribution in [3.63, 3.8) is 0 Å². The number of carbonyl (C=O) groups excluding carboxylic acids is 1. The number of unbranched alkanes of at least 4 members (excludes halogenated alkanes) is 3. The van der Waals surface area contributed by atoms with Gasteiger partial charge < -0.3 is 15.4 Å². The van der Waals surface area contributed by atoms with E-state index >= 15 is 0 Å². The predicted octanol–water partition coefficient (Wildman–Crippen LogP) is 3.39. The first-order chi connectivity index (χ1) is 12.2. The minimum atomic E-state index is -0.235. The highest BCUT2D eigenvalue weighted by molar-refractivity contribution is 5.79. The van der Waals surface area contributed by atoms with Gasteiger partial charge in [0.25, 0.3) is 0 Å². The summed E-state index contributed by atoms with van der Waals surface area (Å²) in [7, 11) is 0. The van der Waals surface area contributed by atoms with Gasteiger partial charge in [0.1, 0.15) is 5.82 Å². The molecule has 0 aliphatic carbocycles. The maximum atomic E-state index is 12.9. The minimum Gasteiger partial charge on any atom is -0.466 e. The van der Waals surface area contributed by atoms with Crippen LogP contribution in [-0.4, -0.2) is 31.6 Å². The van der Waals surface area contributed by atoms with Crippen LogP contribution < -0.4 is 10.6 Å². The molecule has 0 atom stereocenters. The summed E-state index contributed by atoms with van der Waals surface area (Å²) in [5, 5.41) is 6.49. The van der Waals surface area contributed by atoms with Gasteiger partial charge in [-0.05, 0) is 44.4 Å². The lowest BCUT2D eigenvalue weighted by Gasteiger charge is -2.11. The molecule has 25 heavy (non-hydrogen) atoms. The lowest BCUT2D eigenvalue weighted by molar-refractivity contribution is -0.143. The number of benzene rings is 1. The first-order valence-electron chi connectivity index (χ1n) is 9.08. The number of hydrogen-bond donors (Lipinski definition) is 2. The molecule has 0 amide bonds. The number of nitrogens with zero attached hydrogens (tertiary/aromatic N) is 1. The summed E-state index contributed by atoms with van der Waals surface area (Å²) in [6.45, 7) is 6.42. The van der Waals surface area contributed by atoms with E-state index in [0.717, 1.165) is 50.3 Å². The second kappa shape index (κ2) is 13.2. The maximum Gasteiger partial charge on any atom is 0.305 e. The van der Waals surface area contributed by atoms with Crippen LogP contribution in [0.2, 0.25) is 0 Å². The highest BCUT2D eigenvalue weighted by Crippen LogP contribution is 2.05. The molecule has 0 saturated heterocycles. The number of halogens is 1. The molecule has 0 spiro atoms. The average molecular weight is 351 g/mol. The molecule has 0 radical (unpaired) electrons. The number of rotatable bonds is 11. The summed E-state index contributed by atoms with van der Waals surface area (Å²) in [6, 6.07) is 6.38. The van der Waals surface area contributed by atoms with E-state index in [-0.39, 0.29) is 11.8 Å². The van der Waals surface area contributed by atoms with E-state index < -0.39 is 0 Å². The van der Waals surface area contributed by atoms with Crippen LogP contribution in [0.5, 0.6) is 0 Å². The second-order valence-corrected chi connectivity index (χ2v) is 5.72. The van der Waals surface area contributed by atoms with Gasteiger partial charge in [-0.3, -0.25) is 4.79 Å². The zero-order valence-corrected chi connectivity index (χ0v) is 15.3. The number of guanidine groups is 1. The highest BCUT2D eigenvalue weighted by Gasteiger charge is 2.01. The minimum absolute atomic E-state index is 0.108. The van der Waals surface area contributed by atoms with Crippen LogP contribution in [0.15, 0.2) is 29.3 Å². The molecule has 0 saturated carbocycles. The summed E-state index contributed by atoms with van der Waals surface area (Å²) < 4.78 is 17.8. The van der Waals surface area contributed by atoms with Gasteiger partial charge in [0, 0.05) is 19.5 Å². The van der Waals surface area contributed by atoms with Crippen LogP contribution in [0.25, 0.3) is 0 Å². The lowest BCUT2D eigenvalue weighted by atomic mass is 10.1. The van der Waals surface area contributed by atoms with Gasteiger partial charge in [0.2, 0.25) is 0 Å². The SMILES string of the molecule is CCNC(=NCc1ccc(F)cc1)NCCCCCCC(=O)OCC. The molecule has 0 aliphatic rings. The van der Waals surface area contributed by atoms with E-state index in [1.54, 1.807) is 12.1 Å². The quantitative estimate of drug-likeness (QED) is 0.278. The number of hydrogen-bond acceptors (Lipinski definition) is 3. The Labute approximate surface area is 150 Å². The third kappa shape index (κ3) is 10.4. The fourth-order valence-electron chi connectivity index (χ4n) is 2.29. The van der Waals surface area contributed by atoms with Crippen LogP contribution in [-0.2, 0) is 16.1 Å². The normalized spacial score (nSPS) is 11.2. The smallest absolute Gasteiger partial charge is 0.305 e. The van der Waals surface area contributed by atoms with Gasteiger partial charge in [-0.2, -0.15) is 0 Å². The van der Waals surface area contributed by atoms with E-state index in [1.807, 2.05) is 13.8 Å². The molecule has 0 unspecified atom stereocenters. The Balaban J connectivity index is 2.21. The summed E-state index contributed by atoms with van der Waals surface area (Å²) in [6.07, 6.45) is 4.47. The van der Waals surface area contributed by atoms with Gasteiger partial charge in [-0.1, -0.05) is 25.0 Å². The van der Waals surface area contributed by atoms with Crippen LogP contribution in [0.4, 0.5) is 4.39 Å². The van der Waals surface area contributed by atoms with Gasteiger partial charge in [-0.25, -0.2) is 9.38 Å². The zero-order valence-electron chi connectivity index (χ0n) is 15.3. The Kier molecular flexibility index (Phi) is 11.1. The molecule has 0 heterocycles. The van der Waals surface area contributed by atoms with Crippen molar-refractivity contribution in [3.8, 4) is 0 Å². The highest BCUT2D eigenvalue weighted by atomic mass is 19.1. The topological polar surface area (TPSA) is 62.7 Å². The van der Waals surface area contributed by atoms with Crippen LogP contribution >= 0.6 is 0 Å². The average Bonchev–Trinajstić information content (AvgIpc) is 2.60. The van der Waals surface area contributed by atoms with Crippen LogP contribution in [0, 0.1) is 5.82 Å². The largest absolute Gasteiger partial charge is 0.466 e. The molecule has 1 aromatic rings. The molecular formula is C19H30FN3O2. The predicted molar refractivity (Wildman–Crippen MR) is 98.9 cm³/mol. The summed E-state index contributed by atoms with van der Waals surface area (Å²) >= 11 is 0. The molecule has 6 heteroatoms. The number of ether oxygens (including phenoxy) is 1. The Morgan fingerprint density at radius 2 is 1.80 bits per heavy atom. The first-order valence-corrected chi connectivity index (χ1v) is 9.08. The van der Waals surface area contributed by atoms with Gasteiger partial charge in [0.15, 0.2) is 5.96 Å². The lowest BCUT2D eigenvalue weighted by Crippen LogP contribution is -2.37. The van der Waals surface area contributed by atoms with Crippen molar-refractivity contribution >= 4 is 11.9 Å². The Morgan fingerprint density at radius 1 is 1.08 bits per heavy atom. The molecular weight excluding hydrogens is 321 g/mol. The van der Waals surface area contributed by atoms with Crippen molar-refractivity contribution in [2.45, 2.75) is 52.5 Å². The molecule has 0 aromatic heterocycles. The van der Waals surface area contributed by atoms with Crippen molar-refractivity contribution < 1.29 is 13.9 Å². The van der Waals surface area contributed by atoms with Crippen LogP contribution in [0.3, 0.4) is 0 Å². The van der Waals surface area contributed by atoms with Crippen molar-refractivity contribution in [2.75, 3.05) is 19.7 Å².